The van der Waals surface area contributed by atoms with Gasteiger partial charge in [-0.1, -0.05) is 13.0 Å². The van der Waals surface area contributed by atoms with Crippen LogP contribution in [-0.4, -0.2) is 37.0 Å². The Bertz CT molecular complexity index is 831. The summed E-state index contributed by atoms with van der Waals surface area (Å²) in [5.74, 6) is 0.243. The number of rotatable bonds is 6. The Kier molecular flexibility index (Phi) is 6.18. The molecule has 136 valence electrons. The van der Waals surface area contributed by atoms with Crippen LogP contribution in [0.1, 0.15) is 32.8 Å². The first-order valence-electron chi connectivity index (χ1n) is 8.48. The second-order valence-corrected chi connectivity index (χ2v) is 5.78. The third-order valence-corrected chi connectivity index (χ3v) is 4.07. The number of nitriles is 1. The molecule has 0 bridgehead atoms. The highest BCUT2D eigenvalue weighted by molar-refractivity contribution is 6.19. The van der Waals surface area contributed by atoms with Crippen molar-refractivity contribution in [3.63, 3.8) is 0 Å². The summed E-state index contributed by atoms with van der Waals surface area (Å²) in [6.07, 6.45) is 2.29. The fraction of sp³-hybridized carbons (Fsp3) is 0.350. The maximum Gasteiger partial charge on any atom is 0.271 e. The molecule has 6 nitrogen and oxygen atoms in total. The smallest absolute Gasteiger partial charge is 0.271 e. The summed E-state index contributed by atoms with van der Waals surface area (Å²) in [5, 5.41) is 9.34. The van der Waals surface area contributed by atoms with Gasteiger partial charge in [-0.05, 0) is 49.6 Å². The van der Waals surface area contributed by atoms with E-state index in [2.05, 4.69) is 0 Å². The lowest BCUT2D eigenvalue weighted by Crippen LogP contribution is -2.43. The van der Waals surface area contributed by atoms with Crippen molar-refractivity contribution in [2.24, 2.45) is 0 Å². The van der Waals surface area contributed by atoms with Gasteiger partial charge in [0.05, 0.1) is 13.7 Å². The van der Waals surface area contributed by atoms with E-state index in [0.717, 1.165) is 10.5 Å². The molecule has 0 saturated carbocycles. The number of methoxy groups -OCH3 is 1. The van der Waals surface area contributed by atoms with Crippen LogP contribution in [0.5, 0.6) is 11.5 Å². The third-order valence-electron chi connectivity index (χ3n) is 4.07. The highest BCUT2D eigenvalue weighted by Gasteiger charge is 2.34. The summed E-state index contributed by atoms with van der Waals surface area (Å²) in [4.78, 5) is 26.2. The molecule has 1 aliphatic heterocycles. The molecule has 1 heterocycles. The minimum atomic E-state index is -0.529. The molecule has 0 saturated heterocycles. The molecular formula is C20H22N2O4. The number of ether oxygens (including phenoxy) is 2. The molecular weight excluding hydrogens is 332 g/mol. The molecule has 0 aliphatic carbocycles. The molecule has 0 aromatic heterocycles. The van der Waals surface area contributed by atoms with Crippen molar-refractivity contribution < 1.29 is 19.1 Å². The van der Waals surface area contributed by atoms with Crippen LogP contribution in [0.25, 0.3) is 6.08 Å². The van der Waals surface area contributed by atoms with Crippen LogP contribution in [0.2, 0.25) is 0 Å². The standard InChI is InChI=1S/C20H22N2O4/c1-5-9-22-19(23)15(13(3)16(12-21)20(22)24)10-14-7-8-17(26-6-2)18(11-14)25-4/h7-8,10-11H,5-6,9H2,1-4H3/b15-10+. The van der Waals surface area contributed by atoms with Crippen molar-refractivity contribution in [1.29, 1.82) is 5.26 Å². The van der Waals surface area contributed by atoms with Gasteiger partial charge in [0.2, 0.25) is 0 Å². The van der Waals surface area contributed by atoms with Crippen molar-refractivity contribution in [1.82, 2.24) is 4.90 Å². The maximum absolute atomic E-state index is 12.8. The van der Waals surface area contributed by atoms with Crippen LogP contribution in [0.3, 0.4) is 0 Å². The first-order valence-corrected chi connectivity index (χ1v) is 8.48. The summed E-state index contributed by atoms with van der Waals surface area (Å²) in [6.45, 7) is 6.16. The van der Waals surface area contributed by atoms with E-state index in [4.69, 9.17) is 9.47 Å². The molecule has 6 heteroatoms. The molecule has 0 fully saturated rings. The topological polar surface area (TPSA) is 79.6 Å². The molecule has 1 aromatic rings. The Balaban J connectivity index is 2.54. The van der Waals surface area contributed by atoms with Gasteiger partial charge in [-0.2, -0.15) is 5.26 Å². The summed E-state index contributed by atoms with van der Waals surface area (Å²) >= 11 is 0. The van der Waals surface area contributed by atoms with Crippen molar-refractivity contribution in [3.8, 4) is 17.6 Å². The summed E-state index contributed by atoms with van der Waals surface area (Å²) in [7, 11) is 1.54. The Morgan fingerprint density at radius 1 is 1.19 bits per heavy atom. The van der Waals surface area contributed by atoms with Crippen LogP contribution in [0, 0.1) is 11.3 Å². The second-order valence-electron chi connectivity index (χ2n) is 5.78. The van der Waals surface area contributed by atoms with Crippen molar-refractivity contribution in [3.05, 3.63) is 40.5 Å². The van der Waals surface area contributed by atoms with Gasteiger partial charge in [0.15, 0.2) is 11.5 Å². The van der Waals surface area contributed by atoms with Gasteiger partial charge < -0.3 is 9.47 Å². The quantitative estimate of drug-likeness (QED) is 0.579. The number of hydrogen-bond donors (Lipinski definition) is 0. The van der Waals surface area contributed by atoms with Crippen LogP contribution in [0.4, 0.5) is 0 Å². The number of hydrogen-bond acceptors (Lipinski definition) is 5. The van der Waals surface area contributed by atoms with E-state index < -0.39 is 5.91 Å². The fourth-order valence-corrected chi connectivity index (χ4v) is 2.77. The number of carbonyl (C=O) groups is 2. The zero-order chi connectivity index (χ0) is 19.3. The lowest BCUT2D eigenvalue weighted by atomic mass is 9.93. The minimum Gasteiger partial charge on any atom is -0.493 e. The summed E-state index contributed by atoms with van der Waals surface area (Å²) in [5.41, 5.74) is 1.45. The molecule has 0 N–H and O–H groups in total. The first-order chi connectivity index (χ1) is 12.5. The Hall–Kier alpha value is -3.07. The van der Waals surface area contributed by atoms with Gasteiger partial charge in [-0.25, -0.2) is 0 Å². The van der Waals surface area contributed by atoms with Gasteiger partial charge in [0, 0.05) is 12.1 Å². The molecule has 0 spiro atoms. The summed E-state index contributed by atoms with van der Waals surface area (Å²) in [6, 6.07) is 7.25. The molecule has 1 aliphatic rings. The van der Waals surface area contributed by atoms with Crippen LogP contribution >= 0.6 is 0 Å². The third kappa shape index (κ3) is 3.62. The zero-order valence-corrected chi connectivity index (χ0v) is 15.5. The highest BCUT2D eigenvalue weighted by Crippen LogP contribution is 2.31. The lowest BCUT2D eigenvalue weighted by molar-refractivity contribution is -0.140. The van der Waals surface area contributed by atoms with Crippen LogP contribution in [0.15, 0.2) is 34.9 Å². The van der Waals surface area contributed by atoms with Crippen molar-refractivity contribution in [2.45, 2.75) is 27.2 Å². The molecule has 0 radical (unpaired) electrons. The predicted molar refractivity (Wildman–Crippen MR) is 97.5 cm³/mol. The number of nitrogens with zero attached hydrogens (tertiary/aromatic N) is 2. The van der Waals surface area contributed by atoms with Gasteiger partial charge in [0.25, 0.3) is 11.8 Å². The largest absolute Gasteiger partial charge is 0.493 e. The van der Waals surface area contributed by atoms with E-state index in [0.29, 0.717) is 35.7 Å². The zero-order valence-electron chi connectivity index (χ0n) is 15.5. The maximum atomic E-state index is 12.8. The number of benzene rings is 1. The predicted octanol–water partition coefficient (Wildman–Crippen LogP) is 3.10. The van der Waals surface area contributed by atoms with Crippen molar-refractivity contribution in [2.75, 3.05) is 20.3 Å². The SMILES string of the molecule is CCCN1C(=O)C(C#N)=C(C)/C(=C\c2ccc(OCC)c(OC)c2)C1=O. The molecule has 1 aromatic carbocycles. The van der Waals surface area contributed by atoms with E-state index in [-0.39, 0.29) is 18.0 Å². The molecule has 2 amide bonds. The van der Waals surface area contributed by atoms with Gasteiger partial charge in [-0.3, -0.25) is 14.5 Å². The number of imide groups is 1. The van der Waals surface area contributed by atoms with E-state index in [1.165, 1.54) is 0 Å². The van der Waals surface area contributed by atoms with Gasteiger partial charge in [-0.15, -0.1) is 0 Å². The van der Waals surface area contributed by atoms with E-state index in [1.807, 2.05) is 19.9 Å². The highest BCUT2D eigenvalue weighted by atomic mass is 16.5. The Morgan fingerprint density at radius 3 is 2.50 bits per heavy atom. The monoisotopic (exact) mass is 354 g/mol. The second kappa shape index (κ2) is 8.34. The fourth-order valence-electron chi connectivity index (χ4n) is 2.77. The molecule has 0 unspecified atom stereocenters. The summed E-state index contributed by atoms with van der Waals surface area (Å²) < 4.78 is 10.8. The number of carbonyl (C=O) groups excluding carboxylic acids is 2. The van der Waals surface area contributed by atoms with E-state index in [1.54, 1.807) is 38.3 Å². The van der Waals surface area contributed by atoms with Crippen LogP contribution < -0.4 is 9.47 Å². The average molecular weight is 354 g/mol. The van der Waals surface area contributed by atoms with Crippen molar-refractivity contribution >= 4 is 17.9 Å². The van der Waals surface area contributed by atoms with Gasteiger partial charge >= 0.3 is 0 Å². The average Bonchev–Trinajstić information content (AvgIpc) is 2.64. The normalized spacial score (nSPS) is 16.1. The van der Waals surface area contributed by atoms with E-state index >= 15 is 0 Å². The minimum absolute atomic E-state index is 0.00204. The first kappa shape index (κ1) is 19.3. The van der Waals surface area contributed by atoms with Gasteiger partial charge in [0.1, 0.15) is 11.6 Å². The Labute approximate surface area is 153 Å². The molecule has 0 atom stereocenters. The van der Waals surface area contributed by atoms with E-state index in [9.17, 15) is 14.9 Å². The Morgan fingerprint density at radius 2 is 1.92 bits per heavy atom. The van der Waals surface area contributed by atoms with Crippen LogP contribution in [-0.2, 0) is 9.59 Å². The molecule has 26 heavy (non-hydrogen) atoms. The number of amides is 2. The molecule has 2 rings (SSSR count). The lowest BCUT2D eigenvalue weighted by Gasteiger charge is -2.27.